The number of carbonyl (C=O) groups excluding carboxylic acids is 2. The van der Waals surface area contributed by atoms with Gasteiger partial charge in [0.05, 0.1) is 18.2 Å². The van der Waals surface area contributed by atoms with Gasteiger partial charge in [-0.15, -0.1) is 11.3 Å². The van der Waals surface area contributed by atoms with Crippen LogP contribution in [0.1, 0.15) is 35.0 Å². The number of rotatable bonds is 6. The first-order chi connectivity index (χ1) is 13.5. The Hall–Kier alpha value is -1.48. The predicted octanol–water partition coefficient (Wildman–Crippen LogP) is 1.88. The summed E-state index contributed by atoms with van der Waals surface area (Å²) < 4.78 is 5.06. The van der Waals surface area contributed by atoms with E-state index in [1.807, 2.05) is 13.0 Å². The van der Waals surface area contributed by atoms with Crippen molar-refractivity contribution in [1.82, 2.24) is 14.7 Å². The number of nitrogens with one attached hydrogen (secondary N) is 1. The Labute approximate surface area is 171 Å². The van der Waals surface area contributed by atoms with E-state index in [-0.39, 0.29) is 11.9 Å². The topological polar surface area (TPSA) is 65.1 Å². The zero-order chi connectivity index (χ0) is 20.1. The van der Waals surface area contributed by atoms with E-state index in [9.17, 15) is 9.59 Å². The normalized spacial score (nSPS) is 22.2. The lowest BCUT2D eigenvalue weighted by Crippen LogP contribution is -2.55. The average Bonchev–Trinajstić information content (AvgIpc) is 3.02. The number of piperidine rings is 1. The van der Waals surface area contributed by atoms with Crippen molar-refractivity contribution in [3.8, 4) is 0 Å². The summed E-state index contributed by atoms with van der Waals surface area (Å²) in [4.78, 5) is 32.1. The molecule has 1 aromatic rings. The van der Waals surface area contributed by atoms with Gasteiger partial charge in [0.1, 0.15) is 4.88 Å². The fraction of sp³-hybridized carbons (Fsp3) is 0.700. The molecule has 3 rings (SSSR count). The summed E-state index contributed by atoms with van der Waals surface area (Å²) in [5, 5.41) is 3.64. The number of aryl methyl sites for hydroxylation is 1. The van der Waals surface area contributed by atoms with Gasteiger partial charge in [-0.3, -0.25) is 14.6 Å². The third-order valence-electron chi connectivity index (χ3n) is 5.53. The van der Waals surface area contributed by atoms with E-state index in [0.29, 0.717) is 29.1 Å². The molecule has 2 aliphatic heterocycles. The van der Waals surface area contributed by atoms with Crippen molar-refractivity contribution in [2.75, 3.05) is 64.8 Å². The van der Waals surface area contributed by atoms with Gasteiger partial charge in [-0.1, -0.05) is 0 Å². The monoisotopic (exact) mass is 408 g/mol. The van der Waals surface area contributed by atoms with Gasteiger partial charge in [0, 0.05) is 38.8 Å². The molecule has 1 unspecified atom stereocenters. The third kappa shape index (κ3) is 5.53. The molecular weight excluding hydrogens is 376 g/mol. The first-order valence-corrected chi connectivity index (χ1v) is 11.0. The first kappa shape index (κ1) is 21.2. The number of amides is 1. The fourth-order valence-electron chi connectivity index (χ4n) is 4.05. The van der Waals surface area contributed by atoms with Crippen LogP contribution in [0.3, 0.4) is 0 Å². The number of piperazine rings is 1. The van der Waals surface area contributed by atoms with Crippen molar-refractivity contribution in [2.45, 2.75) is 32.7 Å². The van der Waals surface area contributed by atoms with Gasteiger partial charge in [-0.2, -0.15) is 0 Å². The summed E-state index contributed by atoms with van der Waals surface area (Å²) in [6.45, 7) is 10.6. The summed E-state index contributed by atoms with van der Waals surface area (Å²) in [7, 11) is 2.20. The molecule has 1 aromatic heterocycles. The van der Waals surface area contributed by atoms with Crippen LogP contribution >= 0.6 is 11.3 Å². The minimum absolute atomic E-state index is 0.0255. The number of anilines is 1. The molecule has 156 valence electrons. The van der Waals surface area contributed by atoms with Gasteiger partial charge in [0.15, 0.2) is 0 Å². The van der Waals surface area contributed by atoms with Crippen molar-refractivity contribution in [3.63, 3.8) is 0 Å². The van der Waals surface area contributed by atoms with Crippen LogP contribution in [0.15, 0.2) is 6.07 Å². The van der Waals surface area contributed by atoms with E-state index < -0.39 is 0 Å². The fourth-order valence-corrected chi connectivity index (χ4v) is 5.03. The Morgan fingerprint density at radius 2 is 2.00 bits per heavy atom. The standard InChI is InChI=1S/C20H32N4O3S/c1-4-27-20(26)19-15(2)12-18(28-19)21-17(25)14-23-8-10-24(11-9-23)16-6-5-7-22(3)13-16/h12,16H,4-11,13-14H2,1-3H3,(H,21,25). The molecule has 2 fully saturated rings. The maximum Gasteiger partial charge on any atom is 0.348 e. The lowest BCUT2D eigenvalue weighted by Gasteiger charge is -2.42. The maximum atomic E-state index is 12.4. The smallest absolute Gasteiger partial charge is 0.348 e. The Bertz CT molecular complexity index is 685. The Balaban J connectivity index is 1.45. The zero-order valence-corrected chi connectivity index (χ0v) is 18.0. The number of hydrogen-bond donors (Lipinski definition) is 1. The van der Waals surface area contributed by atoms with Crippen molar-refractivity contribution < 1.29 is 14.3 Å². The molecule has 0 aliphatic carbocycles. The second-order valence-corrected chi connectivity index (χ2v) is 8.81. The van der Waals surface area contributed by atoms with Crippen LogP contribution in [0, 0.1) is 6.92 Å². The van der Waals surface area contributed by atoms with Gasteiger partial charge in [-0.25, -0.2) is 4.79 Å². The molecule has 7 nitrogen and oxygen atoms in total. The zero-order valence-electron chi connectivity index (χ0n) is 17.2. The number of thiophene rings is 1. The highest BCUT2D eigenvalue weighted by Crippen LogP contribution is 2.27. The first-order valence-electron chi connectivity index (χ1n) is 10.2. The number of ether oxygens (including phenoxy) is 1. The molecule has 2 saturated heterocycles. The Kier molecular flexibility index (Phi) is 7.45. The number of likely N-dealkylation sites (tertiary alicyclic amines) is 1. The number of carbonyl (C=O) groups is 2. The van der Waals surface area contributed by atoms with Crippen LogP contribution in [0.2, 0.25) is 0 Å². The highest BCUT2D eigenvalue weighted by atomic mass is 32.1. The molecule has 28 heavy (non-hydrogen) atoms. The minimum atomic E-state index is -0.324. The van der Waals surface area contributed by atoms with Crippen molar-refractivity contribution in [3.05, 3.63) is 16.5 Å². The highest BCUT2D eigenvalue weighted by Gasteiger charge is 2.27. The van der Waals surface area contributed by atoms with Crippen molar-refractivity contribution in [2.24, 2.45) is 0 Å². The molecule has 0 bridgehead atoms. The van der Waals surface area contributed by atoms with Gasteiger partial charge < -0.3 is 15.0 Å². The molecule has 3 heterocycles. The van der Waals surface area contributed by atoms with E-state index >= 15 is 0 Å². The van der Waals surface area contributed by atoms with Crippen molar-refractivity contribution >= 4 is 28.2 Å². The molecule has 0 saturated carbocycles. The molecule has 1 amide bonds. The van der Waals surface area contributed by atoms with E-state index in [1.54, 1.807) is 6.92 Å². The average molecular weight is 409 g/mol. The Morgan fingerprint density at radius 3 is 2.68 bits per heavy atom. The lowest BCUT2D eigenvalue weighted by atomic mass is 10.0. The minimum Gasteiger partial charge on any atom is -0.462 e. The lowest BCUT2D eigenvalue weighted by molar-refractivity contribution is -0.117. The predicted molar refractivity (Wildman–Crippen MR) is 112 cm³/mol. The molecule has 2 aliphatic rings. The number of esters is 1. The van der Waals surface area contributed by atoms with Gasteiger partial charge in [0.2, 0.25) is 5.91 Å². The second kappa shape index (κ2) is 9.82. The molecule has 8 heteroatoms. The molecule has 0 radical (unpaired) electrons. The molecular formula is C20H32N4O3S. The molecule has 1 N–H and O–H groups in total. The summed E-state index contributed by atoms with van der Waals surface area (Å²) in [6.07, 6.45) is 2.56. The van der Waals surface area contributed by atoms with Crippen LogP contribution in [0.4, 0.5) is 5.00 Å². The van der Waals surface area contributed by atoms with Gasteiger partial charge in [0.25, 0.3) is 0 Å². The second-order valence-electron chi connectivity index (χ2n) is 7.76. The number of nitrogens with zero attached hydrogens (tertiary/aromatic N) is 3. The largest absolute Gasteiger partial charge is 0.462 e. The van der Waals surface area contributed by atoms with Gasteiger partial charge in [-0.05, 0) is 51.9 Å². The van der Waals surface area contributed by atoms with Crippen LogP contribution in [-0.2, 0) is 9.53 Å². The SMILES string of the molecule is CCOC(=O)c1sc(NC(=O)CN2CCN(C3CCCN(C)C3)CC2)cc1C. The maximum absolute atomic E-state index is 12.4. The summed E-state index contributed by atoms with van der Waals surface area (Å²) in [5.41, 5.74) is 0.838. The van der Waals surface area contributed by atoms with Gasteiger partial charge >= 0.3 is 5.97 Å². The van der Waals surface area contributed by atoms with Crippen molar-refractivity contribution in [1.29, 1.82) is 0 Å². The summed E-state index contributed by atoms with van der Waals surface area (Å²) in [6, 6.07) is 2.50. The van der Waals surface area contributed by atoms with E-state index in [0.717, 1.165) is 38.3 Å². The molecule has 1 atom stereocenters. The number of likely N-dealkylation sites (N-methyl/N-ethyl adjacent to an activating group) is 1. The quantitative estimate of drug-likeness (QED) is 0.725. The van der Waals surface area contributed by atoms with Crippen LogP contribution < -0.4 is 5.32 Å². The Morgan fingerprint density at radius 1 is 1.25 bits per heavy atom. The molecule has 0 aromatic carbocycles. The highest BCUT2D eigenvalue weighted by molar-refractivity contribution is 7.18. The van der Waals surface area contributed by atoms with Crippen LogP contribution in [-0.4, -0.2) is 92.1 Å². The number of hydrogen-bond acceptors (Lipinski definition) is 7. The third-order valence-corrected chi connectivity index (χ3v) is 6.66. The van der Waals surface area contributed by atoms with Crippen LogP contribution in [0.5, 0.6) is 0 Å². The van der Waals surface area contributed by atoms with Crippen LogP contribution in [0.25, 0.3) is 0 Å². The van der Waals surface area contributed by atoms with E-state index in [1.165, 1.54) is 30.7 Å². The summed E-state index contributed by atoms with van der Waals surface area (Å²) >= 11 is 1.28. The molecule has 0 spiro atoms. The van der Waals surface area contributed by atoms with E-state index in [2.05, 4.69) is 27.1 Å². The van der Waals surface area contributed by atoms with E-state index in [4.69, 9.17) is 4.74 Å². The summed E-state index contributed by atoms with van der Waals surface area (Å²) in [5.74, 6) is -0.350.